The minimum absolute atomic E-state index is 0.00813. The highest BCUT2D eigenvalue weighted by molar-refractivity contribution is 6.02. The molecule has 676 valence electrons. The summed E-state index contributed by atoms with van der Waals surface area (Å²) in [7, 11) is 0. The van der Waals surface area contributed by atoms with Crippen molar-refractivity contribution in [2.45, 2.75) is 250 Å². The third kappa shape index (κ3) is 13.6. The summed E-state index contributed by atoms with van der Waals surface area (Å²) in [4.78, 5) is 143. The van der Waals surface area contributed by atoms with Gasteiger partial charge in [0.15, 0.2) is 59.5 Å². The number of hydrogen-bond acceptors (Lipinski definition) is 18. The van der Waals surface area contributed by atoms with Gasteiger partial charge in [-0.1, -0.05) is 162 Å². The number of Topliss-reactive ketones (excluding diaryl/α,β-unsaturated/α-hetero) is 4. The molecule has 20 rings (SSSR count). The highest BCUT2D eigenvalue weighted by Crippen LogP contribution is 2.77. The second kappa shape index (κ2) is 32.9. The molecule has 18 aliphatic rings. The van der Waals surface area contributed by atoms with E-state index in [0.717, 1.165) is 140 Å². The van der Waals surface area contributed by atoms with Crippen molar-refractivity contribution in [1.82, 2.24) is 9.97 Å². The summed E-state index contributed by atoms with van der Waals surface area (Å²) in [6.45, 7) is 28.2. The minimum atomic E-state index is -0.691. The molecule has 0 saturated heterocycles. The zero-order valence-electron chi connectivity index (χ0n) is 77.8. The number of nitrogens with zero attached hydrogens (tertiary/aromatic N) is 4. The van der Waals surface area contributed by atoms with Crippen LogP contribution < -0.4 is 0 Å². The van der Waals surface area contributed by atoms with Crippen LogP contribution >= 0.6 is 0 Å². The van der Waals surface area contributed by atoms with Crippen LogP contribution in [0, 0.1) is 124 Å². The van der Waals surface area contributed by atoms with Crippen molar-refractivity contribution in [3.05, 3.63) is 201 Å². The van der Waals surface area contributed by atoms with Gasteiger partial charge in [0.25, 0.3) is 0 Å². The largest absolute Gasteiger partial charge is 0.458 e. The molecule has 16 aliphatic carbocycles. The number of esters is 2. The predicted octanol–water partition coefficient (Wildman–Crippen LogP) is 19.5. The molecule has 0 radical (unpaired) electrons. The second-order valence-corrected chi connectivity index (χ2v) is 43.8. The highest BCUT2D eigenvalue weighted by Gasteiger charge is 2.72. The van der Waals surface area contributed by atoms with Crippen LogP contribution in [0.3, 0.4) is 0 Å². The lowest BCUT2D eigenvalue weighted by molar-refractivity contribution is -0.153. The maximum Gasteiger partial charge on any atom is 0.303 e. The van der Waals surface area contributed by atoms with E-state index >= 15 is 0 Å². The van der Waals surface area contributed by atoms with Gasteiger partial charge in [0.2, 0.25) is 0 Å². The number of fused-ring (bicyclic) bond motifs is 20. The molecule has 8 fully saturated rings. The summed E-state index contributed by atoms with van der Waals surface area (Å²) >= 11 is 0. The number of pyridine rings is 2. The molecule has 0 bridgehead atoms. The first kappa shape index (κ1) is 90.7. The average molecular weight is 1730 g/mol. The molecule has 128 heavy (non-hydrogen) atoms. The predicted molar refractivity (Wildman–Crippen MR) is 491 cm³/mol. The fraction of sp³-hybridized carbons (Fsp3) is 0.582. The molecule has 8 unspecified atom stereocenters. The molecule has 2 aromatic heterocycles. The summed E-state index contributed by atoms with van der Waals surface area (Å²) in [5.74, 6) is 2.98. The summed E-state index contributed by atoms with van der Waals surface area (Å²) in [5, 5.41) is 19.9. The molecular weight excluding hydrogens is 1600 g/mol. The van der Waals surface area contributed by atoms with E-state index in [-0.39, 0.29) is 126 Å². The summed E-state index contributed by atoms with van der Waals surface area (Å²) in [6, 6.07) is 11.9. The van der Waals surface area contributed by atoms with Crippen LogP contribution in [-0.4, -0.2) is 117 Å². The number of rotatable bonds is 14. The number of aliphatic hydroxyl groups is 2. The lowest BCUT2D eigenvalue weighted by Crippen LogP contribution is -2.51. The van der Waals surface area contributed by atoms with E-state index in [1.807, 2.05) is 91.7 Å². The number of aliphatic imine (C=N–C) groups is 2. The smallest absolute Gasteiger partial charge is 0.303 e. The first-order valence-corrected chi connectivity index (χ1v) is 47.8. The molecule has 24 atom stereocenters. The molecular formula is C110H132N4O14. The van der Waals surface area contributed by atoms with Crippen molar-refractivity contribution < 1.29 is 67.6 Å². The fourth-order valence-electron chi connectivity index (χ4n) is 31.1. The maximum absolute atomic E-state index is 13.8. The van der Waals surface area contributed by atoms with Gasteiger partial charge in [0.1, 0.15) is 13.2 Å². The van der Waals surface area contributed by atoms with Crippen LogP contribution in [0.2, 0.25) is 0 Å². The molecule has 18 heteroatoms. The normalized spacial score (nSPS) is 41.2. The summed E-state index contributed by atoms with van der Waals surface area (Å²) < 4.78 is 10.4. The lowest BCUT2D eigenvalue weighted by Gasteiger charge is -2.55. The van der Waals surface area contributed by atoms with E-state index in [0.29, 0.717) is 60.2 Å². The van der Waals surface area contributed by atoms with Crippen LogP contribution in [0.25, 0.3) is 0 Å². The number of allylic oxidation sites excluding steroid dienone is 22. The van der Waals surface area contributed by atoms with E-state index in [1.54, 1.807) is 18.3 Å². The van der Waals surface area contributed by atoms with Gasteiger partial charge in [0, 0.05) is 143 Å². The van der Waals surface area contributed by atoms with Gasteiger partial charge in [0.05, 0.1) is 0 Å². The van der Waals surface area contributed by atoms with Crippen LogP contribution in [0.5, 0.6) is 0 Å². The third-order valence-electron chi connectivity index (χ3n) is 39.4. The standard InChI is InChI=1S/C29H35NO4.C28H33NO4.C27H33NO3.C26H31NO3/c1-18(31)34-17-26(33)29(4)24(25-7-5-6-14-30-25)16-23-21-9-8-19-15-20(32)10-12-27(19,2)22(21)11-13-28(23,29)3;1-17(30)33-16-25(32)28(4)23(18-9-12-29-15-18)14-24-21-6-5-19-13-20(31)7-10-26(19,2)22(21)8-11-27(24,28)3;1-25-11-9-18(30)14-17(25)7-8-19-20(25)10-12-26(2)21(19)15-22(23-6-4-5-13-28-23)27(26,3)24(31)16-29;1-24-9-6-18(29)12-17(24)4-5-19-20(24)7-10-25(2)22(19)13-21(16-8-11-27-14-16)26(25,3)23(30)15-28/h5-7,11,14-15,21,23-24H,8-10,12-13,16-17H2,1-4H3;7-8,10,12-13,15,21,23-24H,5-6,9,11,14,16H2,1-4H3;4-6,10,13-14,19,21-22,29H,7-9,11-12,15-16H2,1-3H3;6-7,9,11-12,14,19,21-22,28H,4-5,8,10,13,15H2,1-3H3/t21?,23?,24-,27-,28-,29+;21?,23-,24?,26-,27-,28+;19?,21?,22-,25+,26+,27-;19?,21-,22?,24+,25+,26-/m0011/s1. The van der Waals surface area contributed by atoms with Gasteiger partial charge in [-0.25, -0.2) is 0 Å². The Morgan fingerprint density at radius 2 is 0.734 bits per heavy atom. The van der Waals surface area contributed by atoms with Gasteiger partial charge in [-0.2, -0.15) is 0 Å². The van der Waals surface area contributed by atoms with E-state index in [9.17, 15) is 58.2 Å². The second-order valence-electron chi connectivity index (χ2n) is 43.8. The van der Waals surface area contributed by atoms with Gasteiger partial charge in [-0.05, 0) is 282 Å². The number of ether oxygens (including phenoxy) is 2. The van der Waals surface area contributed by atoms with Crippen molar-refractivity contribution in [3.63, 3.8) is 0 Å². The molecule has 18 nitrogen and oxygen atoms in total. The number of carbonyl (C=O) groups excluding carboxylic acids is 10. The monoisotopic (exact) mass is 1730 g/mol. The van der Waals surface area contributed by atoms with Crippen LogP contribution in [0.1, 0.15) is 261 Å². The molecule has 2 N–H and O–H groups in total. The quantitative estimate of drug-likeness (QED) is 0.131. The van der Waals surface area contributed by atoms with Gasteiger partial charge in [-0.3, -0.25) is 67.9 Å². The number of aliphatic hydroxyl groups excluding tert-OH is 2. The highest BCUT2D eigenvalue weighted by atomic mass is 16.5. The third-order valence-corrected chi connectivity index (χ3v) is 39.4. The fourth-order valence-corrected chi connectivity index (χ4v) is 31.1. The van der Waals surface area contributed by atoms with Gasteiger partial charge < -0.3 is 19.7 Å². The Balaban J connectivity index is 0.000000120. The van der Waals surface area contributed by atoms with E-state index in [2.05, 4.69) is 135 Å². The minimum Gasteiger partial charge on any atom is -0.458 e. The Morgan fingerprint density at radius 1 is 0.406 bits per heavy atom. The number of ketones is 8. The Hall–Kier alpha value is -9.26. The lowest BCUT2D eigenvalue weighted by atomic mass is 9.48. The summed E-state index contributed by atoms with van der Waals surface area (Å²) in [5.41, 5.74) is 11.3. The number of aromatic nitrogens is 2. The molecule has 0 amide bonds. The zero-order chi connectivity index (χ0) is 91.2. The maximum atomic E-state index is 13.8. The molecule has 8 saturated carbocycles. The Morgan fingerprint density at radius 3 is 1.07 bits per heavy atom. The van der Waals surface area contributed by atoms with E-state index in [1.165, 1.54) is 69.6 Å². The van der Waals surface area contributed by atoms with Crippen molar-refractivity contribution in [2.24, 2.45) is 134 Å². The number of hydrogen-bond donors (Lipinski definition) is 2. The van der Waals surface area contributed by atoms with Crippen molar-refractivity contribution in [1.29, 1.82) is 0 Å². The van der Waals surface area contributed by atoms with Gasteiger partial charge in [-0.15, -0.1) is 0 Å². The topological polar surface area (TPSA) is 280 Å². The van der Waals surface area contributed by atoms with E-state index in [4.69, 9.17) is 14.5 Å². The molecule has 2 aliphatic heterocycles. The van der Waals surface area contributed by atoms with Crippen molar-refractivity contribution in [2.75, 3.05) is 26.4 Å². The Labute approximate surface area is 755 Å². The Bertz CT molecular complexity index is 5510. The van der Waals surface area contributed by atoms with Crippen molar-refractivity contribution in [3.8, 4) is 0 Å². The van der Waals surface area contributed by atoms with Gasteiger partial charge >= 0.3 is 11.9 Å². The average Bonchev–Trinajstić information content (AvgIpc) is 1.53. The van der Waals surface area contributed by atoms with Crippen LogP contribution in [0.4, 0.5) is 0 Å². The Kier molecular flexibility index (Phi) is 23.3. The summed E-state index contributed by atoms with van der Waals surface area (Å²) in [6.07, 6.45) is 55.5. The van der Waals surface area contributed by atoms with Crippen LogP contribution in [-0.2, 0) is 57.4 Å². The first-order valence-electron chi connectivity index (χ1n) is 47.8. The first-order chi connectivity index (χ1) is 60.7. The van der Waals surface area contributed by atoms with Crippen molar-refractivity contribution >= 4 is 70.6 Å². The van der Waals surface area contributed by atoms with Crippen LogP contribution in [0.15, 0.2) is 200 Å². The molecule has 4 heterocycles. The number of carbonyl (C=O) groups is 10. The zero-order valence-corrected chi connectivity index (χ0v) is 77.8. The molecule has 2 aromatic rings. The molecule has 0 aromatic carbocycles. The molecule has 0 spiro atoms. The SMILES string of the molecule is CC(=O)OCC(=O)[C@@]1(C)[C@H](C2=CN=CC2)CC2C3CCC4=CC(=O)C=C[C@]4(C)C3=CC[C@@]21C.CC(=O)OCC(=O)[C@@]1(C)[C@H](c2ccccn2)CC2C3CCC4=CC(=O)CC[C@]4(C)C3=CC[C@@]21C.C[C@]12C=CC(=O)C=C1CCC1C2=CC[C@@]2(C)C1C[C@H](C1=CN=CC1)[C@]2(C)C(=O)CO.C[C@]12CCC(=O)C=C1CCC1C2=CC[C@@]2(C)C1C[C@H](c1ccccn1)[C@]2(C)C(=O)CO. The van der Waals surface area contributed by atoms with E-state index < -0.39 is 46.8 Å².